The first kappa shape index (κ1) is 11.9. The minimum Gasteiger partial charge on any atom is -0.409 e. The average molecular weight is 233 g/mol. The third-order valence-electron chi connectivity index (χ3n) is 3.31. The second-order valence-electron chi connectivity index (χ2n) is 4.51. The molecule has 1 fully saturated rings. The molecule has 17 heavy (non-hydrogen) atoms. The maximum Gasteiger partial charge on any atom is 0.156 e. The lowest BCUT2D eigenvalue weighted by atomic mass is 10.1. The fourth-order valence-electron chi connectivity index (χ4n) is 2.19. The molecule has 4 nitrogen and oxygen atoms in total. The lowest BCUT2D eigenvalue weighted by molar-refractivity contribution is 0.314. The van der Waals surface area contributed by atoms with Crippen molar-refractivity contribution in [3.63, 3.8) is 0 Å². The van der Waals surface area contributed by atoms with E-state index in [1.54, 1.807) is 0 Å². The summed E-state index contributed by atoms with van der Waals surface area (Å²) in [4.78, 5) is 0. The maximum atomic E-state index is 8.68. The van der Waals surface area contributed by atoms with E-state index in [4.69, 9.17) is 10.9 Å². The Balaban J connectivity index is 1.91. The first-order chi connectivity index (χ1) is 8.26. The van der Waals surface area contributed by atoms with Crippen LogP contribution in [0.15, 0.2) is 35.5 Å². The van der Waals surface area contributed by atoms with Crippen LogP contribution >= 0.6 is 0 Å². The molecule has 1 saturated carbocycles. The van der Waals surface area contributed by atoms with Gasteiger partial charge in [0.25, 0.3) is 0 Å². The summed E-state index contributed by atoms with van der Waals surface area (Å²) in [5, 5.41) is 15.2. The van der Waals surface area contributed by atoms with E-state index in [-0.39, 0.29) is 11.9 Å². The molecule has 0 aromatic heterocycles. The molecule has 3 atom stereocenters. The highest BCUT2D eigenvalue weighted by molar-refractivity contribution is 5.85. The average Bonchev–Trinajstić information content (AvgIpc) is 3.15. The number of hydrogen-bond acceptors (Lipinski definition) is 3. The van der Waals surface area contributed by atoms with Crippen molar-refractivity contribution in [3.05, 3.63) is 35.9 Å². The monoisotopic (exact) mass is 233 g/mol. The van der Waals surface area contributed by atoms with Crippen LogP contribution in [0.3, 0.4) is 0 Å². The Bertz CT molecular complexity index is 391. The Morgan fingerprint density at radius 2 is 2.24 bits per heavy atom. The van der Waals surface area contributed by atoms with Gasteiger partial charge in [-0.15, -0.1) is 0 Å². The fraction of sp³-hybridized carbons (Fsp3) is 0.462. The number of benzene rings is 1. The van der Waals surface area contributed by atoms with Gasteiger partial charge in [0.2, 0.25) is 0 Å². The van der Waals surface area contributed by atoms with Crippen LogP contribution < -0.4 is 11.1 Å². The van der Waals surface area contributed by atoms with Gasteiger partial charge in [0.05, 0.1) is 6.04 Å². The van der Waals surface area contributed by atoms with Crippen LogP contribution in [-0.4, -0.2) is 23.1 Å². The van der Waals surface area contributed by atoms with Gasteiger partial charge in [-0.25, -0.2) is 0 Å². The second kappa shape index (κ2) is 5.19. The van der Waals surface area contributed by atoms with E-state index >= 15 is 0 Å². The van der Waals surface area contributed by atoms with E-state index in [2.05, 4.69) is 34.7 Å². The molecule has 4 heteroatoms. The summed E-state index contributed by atoms with van der Waals surface area (Å²) in [6.45, 7) is 2.02. The number of hydrogen-bond donors (Lipinski definition) is 3. The lowest BCUT2D eigenvalue weighted by Gasteiger charge is -2.15. The first-order valence-electron chi connectivity index (χ1n) is 6.04. The van der Waals surface area contributed by atoms with Crippen molar-refractivity contribution in [3.8, 4) is 0 Å². The van der Waals surface area contributed by atoms with Crippen LogP contribution in [0.2, 0.25) is 0 Å². The molecular formula is C13H19N3O. The zero-order chi connectivity index (χ0) is 12.3. The molecule has 0 saturated heterocycles. The Labute approximate surface area is 102 Å². The number of nitrogens with one attached hydrogen (secondary N) is 1. The molecule has 3 unspecified atom stereocenters. The third-order valence-corrected chi connectivity index (χ3v) is 3.31. The van der Waals surface area contributed by atoms with Gasteiger partial charge in [0.1, 0.15) is 0 Å². The molecule has 0 bridgehead atoms. The lowest BCUT2D eigenvalue weighted by Crippen LogP contribution is -2.42. The Morgan fingerprint density at radius 1 is 1.53 bits per heavy atom. The van der Waals surface area contributed by atoms with Crippen molar-refractivity contribution in [2.45, 2.75) is 37.8 Å². The van der Waals surface area contributed by atoms with Gasteiger partial charge < -0.3 is 16.3 Å². The standard InChI is InChI=1S/C13H19N3O/c1-2-11(13(14)16-17)15-12-8-10(12)9-6-4-3-5-7-9/h3-7,10-12,15,17H,2,8H2,1H3,(H2,14,16). The summed E-state index contributed by atoms with van der Waals surface area (Å²) in [6, 6.07) is 10.9. The zero-order valence-electron chi connectivity index (χ0n) is 10.0. The van der Waals surface area contributed by atoms with Crippen LogP contribution in [0.1, 0.15) is 31.2 Å². The van der Waals surface area contributed by atoms with Crippen molar-refractivity contribution < 1.29 is 5.21 Å². The van der Waals surface area contributed by atoms with E-state index in [1.165, 1.54) is 5.56 Å². The van der Waals surface area contributed by atoms with Gasteiger partial charge >= 0.3 is 0 Å². The largest absolute Gasteiger partial charge is 0.409 e. The molecule has 92 valence electrons. The summed E-state index contributed by atoms with van der Waals surface area (Å²) < 4.78 is 0. The number of amidine groups is 1. The summed E-state index contributed by atoms with van der Waals surface area (Å²) >= 11 is 0. The molecule has 0 aliphatic heterocycles. The van der Waals surface area contributed by atoms with Gasteiger partial charge in [0.15, 0.2) is 5.84 Å². The third kappa shape index (κ3) is 2.77. The number of nitrogens with two attached hydrogens (primary N) is 1. The molecule has 1 aliphatic rings. The highest BCUT2D eigenvalue weighted by atomic mass is 16.4. The second-order valence-corrected chi connectivity index (χ2v) is 4.51. The van der Waals surface area contributed by atoms with Crippen LogP contribution in [0.25, 0.3) is 0 Å². The van der Waals surface area contributed by atoms with Gasteiger partial charge in [-0.05, 0) is 18.4 Å². The Morgan fingerprint density at radius 3 is 2.82 bits per heavy atom. The molecular weight excluding hydrogens is 214 g/mol. The van der Waals surface area contributed by atoms with Crippen molar-refractivity contribution in [2.24, 2.45) is 10.9 Å². The van der Waals surface area contributed by atoms with E-state index in [0.29, 0.717) is 12.0 Å². The van der Waals surface area contributed by atoms with Gasteiger partial charge in [-0.1, -0.05) is 42.4 Å². The highest BCUT2D eigenvalue weighted by Crippen LogP contribution is 2.40. The molecule has 4 N–H and O–H groups in total. The number of oxime groups is 1. The van der Waals surface area contributed by atoms with Crippen LogP contribution in [-0.2, 0) is 0 Å². The molecule has 1 aromatic rings. The molecule has 0 amide bonds. The SMILES string of the molecule is CCC(NC1CC1c1ccccc1)/C(N)=N/O. The van der Waals surface area contributed by atoms with Crippen LogP contribution in [0.4, 0.5) is 0 Å². The number of nitrogens with zero attached hydrogens (tertiary/aromatic N) is 1. The van der Waals surface area contributed by atoms with Crippen molar-refractivity contribution in [1.29, 1.82) is 0 Å². The van der Waals surface area contributed by atoms with Crippen molar-refractivity contribution >= 4 is 5.84 Å². The van der Waals surface area contributed by atoms with Gasteiger partial charge in [-0.3, -0.25) is 0 Å². The van der Waals surface area contributed by atoms with Crippen molar-refractivity contribution in [1.82, 2.24) is 5.32 Å². The predicted octanol–water partition coefficient (Wildman–Crippen LogP) is 1.66. The zero-order valence-corrected chi connectivity index (χ0v) is 10.0. The minimum atomic E-state index is -0.0290. The van der Waals surface area contributed by atoms with E-state index in [9.17, 15) is 0 Å². The fourth-order valence-corrected chi connectivity index (χ4v) is 2.19. The van der Waals surface area contributed by atoms with E-state index in [1.807, 2.05) is 13.0 Å². The minimum absolute atomic E-state index is 0.0290. The molecule has 0 spiro atoms. The van der Waals surface area contributed by atoms with Crippen LogP contribution in [0.5, 0.6) is 0 Å². The Kier molecular flexibility index (Phi) is 3.64. The quantitative estimate of drug-likeness (QED) is 0.313. The smallest absolute Gasteiger partial charge is 0.156 e. The summed E-state index contributed by atoms with van der Waals surface area (Å²) in [7, 11) is 0. The summed E-state index contributed by atoms with van der Waals surface area (Å²) in [6.07, 6.45) is 1.95. The normalized spacial score (nSPS) is 25.6. The Hall–Kier alpha value is -1.55. The molecule has 0 radical (unpaired) electrons. The van der Waals surface area contributed by atoms with Gasteiger partial charge in [-0.2, -0.15) is 0 Å². The number of rotatable bonds is 5. The molecule has 2 rings (SSSR count). The van der Waals surface area contributed by atoms with Crippen LogP contribution in [0, 0.1) is 0 Å². The molecule has 1 aliphatic carbocycles. The summed E-state index contributed by atoms with van der Waals surface area (Å²) in [5.41, 5.74) is 6.99. The van der Waals surface area contributed by atoms with Crippen molar-refractivity contribution in [2.75, 3.05) is 0 Å². The highest BCUT2D eigenvalue weighted by Gasteiger charge is 2.39. The molecule has 0 heterocycles. The van der Waals surface area contributed by atoms with Gasteiger partial charge in [0, 0.05) is 12.0 Å². The first-order valence-corrected chi connectivity index (χ1v) is 6.04. The van der Waals surface area contributed by atoms with E-state index < -0.39 is 0 Å². The maximum absolute atomic E-state index is 8.68. The molecule has 1 aromatic carbocycles. The predicted molar refractivity (Wildman–Crippen MR) is 68.2 cm³/mol. The van der Waals surface area contributed by atoms with E-state index in [0.717, 1.165) is 12.8 Å². The topological polar surface area (TPSA) is 70.6 Å². The summed E-state index contributed by atoms with van der Waals surface area (Å²) in [5.74, 6) is 0.836.